The number of sulfone groups is 1. The SMILES string of the molecule is C=CC(=O)N1CC(S(=O)(=O)c2ccc(N3CC(CN4CCC([C@@](C#N)(c5cccc(F)c5)[C@H]5CCC[C@@H]5NC(=O)CC)CC4)C3)cc2)C1. The molecular weight excluding hydrogens is 630 g/mol. The molecule has 0 radical (unpaired) electrons. The van der Waals surface area contributed by atoms with E-state index >= 15 is 0 Å². The third-order valence-corrected chi connectivity index (χ3v) is 13.4. The lowest BCUT2D eigenvalue weighted by atomic mass is 9.59. The van der Waals surface area contributed by atoms with Crippen molar-refractivity contribution >= 4 is 27.3 Å². The number of likely N-dealkylation sites (tertiary alicyclic amines) is 2. The van der Waals surface area contributed by atoms with E-state index in [0.717, 1.165) is 76.1 Å². The summed E-state index contributed by atoms with van der Waals surface area (Å²) in [5.74, 6) is -0.115. The molecule has 1 saturated carbocycles. The number of carbonyl (C=O) groups is 2. The van der Waals surface area contributed by atoms with E-state index in [4.69, 9.17) is 0 Å². The highest BCUT2D eigenvalue weighted by molar-refractivity contribution is 7.92. The molecule has 3 saturated heterocycles. The zero-order valence-electron chi connectivity index (χ0n) is 27.7. The number of hydrogen-bond acceptors (Lipinski definition) is 7. The van der Waals surface area contributed by atoms with Gasteiger partial charge in [-0.3, -0.25) is 9.59 Å². The van der Waals surface area contributed by atoms with Gasteiger partial charge in [0.15, 0.2) is 9.84 Å². The van der Waals surface area contributed by atoms with Crippen LogP contribution in [0.1, 0.15) is 51.0 Å². The molecule has 9 nitrogen and oxygen atoms in total. The van der Waals surface area contributed by atoms with Gasteiger partial charge in [-0.15, -0.1) is 0 Å². The molecule has 0 unspecified atom stereocenters. The monoisotopic (exact) mass is 675 g/mol. The molecule has 4 fully saturated rings. The Bertz CT molecular complexity index is 1660. The van der Waals surface area contributed by atoms with E-state index in [1.807, 2.05) is 25.1 Å². The number of amides is 2. The van der Waals surface area contributed by atoms with Crippen molar-refractivity contribution in [1.29, 1.82) is 5.26 Å². The summed E-state index contributed by atoms with van der Waals surface area (Å²) in [6, 6.07) is 16.3. The second kappa shape index (κ2) is 14.0. The fourth-order valence-electron chi connectivity index (χ4n) is 8.54. The number of carbonyl (C=O) groups excluding carboxylic acids is 2. The van der Waals surface area contributed by atoms with Crippen LogP contribution in [0, 0.1) is 34.9 Å². The number of nitriles is 1. The van der Waals surface area contributed by atoms with Gasteiger partial charge in [-0.2, -0.15) is 5.26 Å². The minimum absolute atomic E-state index is 0.00769. The number of nitrogens with one attached hydrogen (secondary N) is 1. The molecule has 2 amide bonds. The number of halogens is 1. The molecule has 4 aliphatic rings. The molecule has 48 heavy (non-hydrogen) atoms. The lowest BCUT2D eigenvalue weighted by Crippen LogP contribution is -2.56. The van der Waals surface area contributed by atoms with Gasteiger partial charge in [-0.05, 0) is 92.7 Å². The summed E-state index contributed by atoms with van der Waals surface area (Å²) >= 11 is 0. The van der Waals surface area contributed by atoms with Crippen molar-refractivity contribution in [2.45, 2.75) is 67.1 Å². The molecule has 0 spiro atoms. The highest BCUT2D eigenvalue weighted by Crippen LogP contribution is 2.50. The number of piperidine rings is 1. The second-order valence-corrected chi connectivity index (χ2v) is 16.2. The smallest absolute Gasteiger partial charge is 0.246 e. The van der Waals surface area contributed by atoms with E-state index in [1.165, 1.54) is 23.1 Å². The van der Waals surface area contributed by atoms with Gasteiger partial charge in [0, 0.05) is 62.7 Å². The molecule has 6 rings (SSSR count). The zero-order valence-corrected chi connectivity index (χ0v) is 28.5. The van der Waals surface area contributed by atoms with Crippen LogP contribution >= 0.6 is 0 Å². The first kappa shape index (κ1) is 34.1. The molecule has 3 aliphatic heterocycles. The molecule has 1 aliphatic carbocycles. The fraction of sp³-hybridized carbons (Fsp3) is 0.541. The summed E-state index contributed by atoms with van der Waals surface area (Å²) in [5.41, 5.74) is 0.859. The Morgan fingerprint density at radius 2 is 1.77 bits per heavy atom. The number of nitrogens with zero attached hydrogens (tertiary/aromatic N) is 4. The van der Waals surface area contributed by atoms with E-state index in [0.29, 0.717) is 12.3 Å². The van der Waals surface area contributed by atoms with Crippen molar-refractivity contribution in [3.8, 4) is 6.07 Å². The van der Waals surface area contributed by atoms with E-state index in [-0.39, 0.29) is 53.5 Å². The summed E-state index contributed by atoms with van der Waals surface area (Å²) in [4.78, 5) is 30.6. The van der Waals surface area contributed by atoms with Crippen LogP contribution in [0.4, 0.5) is 10.1 Å². The summed E-state index contributed by atoms with van der Waals surface area (Å²) in [5, 5.41) is 13.5. The Hall–Kier alpha value is -3.75. The lowest BCUT2D eigenvalue weighted by Gasteiger charge is -2.48. The maximum Gasteiger partial charge on any atom is 0.246 e. The van der Waals surface area contributed by atoms with Crippen LogP contribution in [0.15, 0.2) is 66.1 Å². The molecule has 0 bridgehead atoms. The van der Waals surface area contributed by atoms with Gasteiger partial charge in [0.1, 0.15) is 11.1 Å². The van der Waals surface area contributed by atoms with Gasteiger partial charge in [-0.25, -0.2) is 12.8 Å². The molecule has 3 heterocycles. The zero-order chi connectivity index (χ0) is 34.1. The third kappa shape index (κ3) is 6.49. The van der Waals surface area contributed by atoms with Gasteiger partial charge < -0.3 is 20.0 Å². The Morgan fingerprint density at radius 3 is 2.40 bits per heavy atom. The Kier molecular flexibility index (Phi) is 9.96. The maximum atomic E-state index is 14.6. The van der Waals surface area contributed by atoms with E-state index < -0.39 is 20.5 Å². The number of benzene rings is 2. The quantitative estimate of drug-likeness (QED) is 0.354. The van der Waals surface area contributed by atoms with Crippen LogP contribution in [0.5, 0.6) is 0 Å². The van der Waals surface area contributed by atoms with Gasteiger partial charge in [0.05, 0.1) is 16.4 Å². The van der Waals surface area contributed by atoms with Gasteiger partial charge >= 0.3 is 0 Å². The summed E-state index contributed by atoms with van der Waals surface area (Å²) < 4.78 is 40.6. The second-order valence-electron chi connectivity index (χ2n) is 14.0. The van der Waals surface area contributed by atoms with E-state index in [9.17, 15) is 27.7 Å². The Labute approximate surface area is 283 Å². The third-order valence-electron chi connectivity index (χ3n) is 11.3. The Balaban J connectivity index is 1.05. The van der Waals surface area contributed by atoms with Crippen molar-refractivity contribution in [3.05, 3.63) is 72.6 Å². The first-order valence-electron chi connectivity index (χ1n) is 17.3. The number of anilines is 1. The van der Waals surface area contributed by atoms with Crippen molar-refractivity contribution in [1.82, 2.24) is 15.1 Å². The Morgan fingerprint density at radius 1 is 1.06 bits per heavy atom. The average molecular weight is 676 g/mol. The van der Waals surface area contributed by atoms with Crippen LogP contribution in [0.2, 0.25) is 0 Å². The molecular formula is C37H46FN5O4S. The topological polar surface area (TPSA) is 114 Å². The molecule has 3 atom stereocenters. The van der Waals surface area contributed by atoms with Gasteiger partial charge in [0.2, 0.25) is 11.8 Å². The van der Waals surface area contributed by atoms with Gasteiger partial charge in [-0.1, -0.05) is 32.1 Å². The maximum absolute atomic E-state index is 14.6. The standard InChI is InChI=1S/C37H46FN5O4S/c1-3-35(44)40-34-10-6-9-33(34)37(25-39,28-7-5-8-29(38)19-28)27-15-17-41(18-16-27)20-26-21-42(22-26)30-11-13-31(14-12-30)48(46,47)32-23-43(24-32)36(45)4-2/h4-5,7-8,11-14,19,26-27,32-34H,2-3,6,9-10,15-18,20-24H2,1H3,(H,40,44)/t33-,34-,37-/m0/s1. The summed E-state index contributed by atoms with van der Waals surface area (Å²) in [6.45, 7) is 10.1. The predicted octanol–water partition coefficient (Wildman–Crippen LogP) is 4.30. The highest BCUT2D eigenvalue weighted by atomic mass is 32.2. The van der Waals surface area contributed by atoms with Gasteiger partial charge in [0.25, 0.3) is 0 Å². The molecule has 2 aromatic rings. The van der Waals surface area contributed by atoms with Crippen LogP contribution in [-0.2, 0) is 24.8 Å². The summed E-state index contributed by atoms with van der Waals surface area (Å²) in [7, 11) is -3.50. The predicted molar refractivity (Wildman–Crippen MR) is 182 cm³/mol. The first-order chi connectivity index (χ1) is 23.1. The molecule has 256 valence electrons. The average Bonchev–Trinajstić information content (AvgIpc) is 3.51. The van der Waals surface area contributed by atoms with Crippen molar-refractivity contribution in [2.24, 2.45) is 17.8 Å². The minimum atomic E-state index is -3.50. The lowest BCUT2D eigenvalue weighted by molar-refractivity contribution is -0.129. The molecule has 2 aromatic carbocycles. The van der Waals surface area contributed by atoms with Crippen LogP contribution in [0.25, 0.3) is 0 Å². The minimum Gasteiger partial charge on any atom is -0.371 e. The molecule has 11 heteroatoms. The van der Waals surface area contributed by atoms with Crippen molar-refractivity contribution in [3.63, 3.8) is 0 Å². The normalized spacial score (nSPS) is 23.9. The van der Waals surface area contributed by atoms with Crippen LogP contribution in [0.3, 0.4) is 0 Å². The van der Waals surface area contributed by atoms with E-state index in [1.54, 1.807) is 18.2 Å². The van der Waals surface area contributed by atoms with E-state index in [2.05, 4.69) is 27.8 Å². The number of hydrogen-bond donors (Lipinski definition) is 1. The van der Waals surface area contributed by atoms with Crippen molar-refractivity contribution in [2.75, 3.05) is 50.7 Å². The number of rotatable bonds is 11. The first-order valence-corrected chi connectivity index (χ1v) is 18.8. The largest absolute Gasteiger partial charge is 0.371 e. The fourth-order valence-corrected chi connectivity index (χ4v) is 10.2. The molecule has 0 aromatic heterocycles. The van der Waals surface area contributed by atoms with Crippen LogP contribution in [-0.4, -0.2) is 87.1 Å². The molecule has 1 N–H and O–H groups in total. The summed E-state index contributed by atoms with van der Waals surface area (Å²) in [6.07, 6.45) is 5.88. The van der Waals surface area contributed by atoms with Crippen LogP contribution < -0.4 is 10.2 Å². The van der Waals surface area contributed by atoms with Crippen molar-refractivity contribution < 1.29 is 22.4 Å². The highest BCUT2D eigenvalue weighted by Gasteiger charge is 2.52.